The van der Waals surface area contributed by atoms with Gasteiger partial charge in [0.25, 0.3) is 5.91 Å². The Bertz CT molecular complexity index is 736. The van der Waals surface area contributed by atoms with Crippen molar-refractivity contribution in [3.05, 3.63) is 71.3 Å². The van der Waals surface area contributed by atoms with Crippen molar-refractivity contribution in [3.63, 3.8) is 0 Å². The van der Waals surface area contributed by atoms with Crippen LogP contribution >= 0.6 is 0 Å². The van der Waals surface area contributed by atoms with E-state index in [-0.39, 0.29) is 18.6 Å². The maximum Gasteiger partial charge on any atom is 0.338 e. The highest BCUT2D eigenvalue weighted by molar-refractivity contribution is 5.92. The maximum absolute atomic E-state index is 12.5. The van der Waals surface area contributed by atoms with E-state index < -0.39 is 5.97 Å². The van der Waals surface area contributed by atoms with Crippen molar-refractivity contribution in [1.82, 2.24) is 5.32 Å². The molecular weight excluding hydrogens is 326 g/mol. The molecule has 1 aliphatic rings. The predicted octanol–water partition coefficient (Wildman–Crippen LogP) is 3.88. The lowest BCUT2D eigenvalue weighted by Crippen LogP contribution is -2.38. The molecule has 0 spiro atoms. The number of nitrogens with one attached hydrogen (secondary N) is 1. The minimum atomic E-state index is -0.449. The average molecular weight is 351 g/mol. The van der Waals surface area contributed by atoms with Crippen molar-refractivity contribution < 1.29 is 14.3 Å². The van der Waals surface area contributed by atoms with Crippen LogP contribution < -0.4 is 5.32 Å². The van der Waals surface area contributed by atoms with Gasteiger partial charge in [-0.05, 0) is 36.5 Å². The molecule has 1 amide bonds. The Morgan fingerprint density at radius 1 is 0.923 bits per heavy atom. The first-order valence-corrected chi connectivity index (χ1v) is 9.30. The number of carbonyl (C=O) groups excluding carboxylic acids is 2. The molecule has 0 heterocycles. The molecule has 4 heteroatoms. The van der Waals surface area contributed by atoms with E-state index in [0.717, 1.165) is 36.8 Å². The summed E-state index contributed by atoms with van der Waals surface area (Å²) >= 11 is 0. The van der Waals surface area contributed by atoms with Crippen LogP contribution in [0.25, 0.3) is 0 Å². The van der Waals surface area contributed by atoms with Gasteiger partial charge in [-0.15, -0.1) is 0 Å². The number of rotatable bonds is 6. The summed E-state index contributed by atoms with van der Waals surface area (Å²) in [4.78, 5) is 24.5. The fraction of sp³-hybridized carbons (Fsp3) is 0.364. The third-order valence-electron chi connectivity index (χ3n) is 4.78. The van der Waals surface area contributed by atoms with Crippen molar-refractivity contribution in [2.24, 2.45) is 0 Å². The lowest BCUT2D eigenvalue weighted by atomic mass is 9.95. The molecule has 1 saturated carbocycles. The molecule has 0 bridgehead atoms. The van der Waals surface area contributed by atoms with Gasteiger partial charge in [0.1, 0.15) is 0 Å². The number of amides is 1. The summed E-state index contributed by atoms with van der Waals surface area (Å²) in [5.74, 6) is -0.666. The Labute approximate surface area is 154 Å². The molecule has 3 rings (SSSR count). The van der Waals surface area contributed by atoms with Crippen LogP contribution in [0.15, 0.2) is 54.6 Å². The van der Waals surface area contributed by atoms with Crippen LogP contribution in [0, 0.1) is 0 Å². The standard InChI is InChI=1S/C22H25NO3/c24-21(23-19-12-5-2-6-13-19)16-26-22(25)20-14-8-7-11-18(20)15-17-9-3-1-4-10-17/h1,3-4,7-11,14,19H,2,5-6,12-13,15-16H2,(H,23,24). The Morgan fingerprint density at radius 2 is 1.62 bits per heavy atom. The summed E-state index contributed by atoms with van der Waals surface area (Å²) in [6, 6.07) is 17.6. The highest BCUT2D eigenvalue weighted by Crippen LogP contribution is 2.18. The Balaban J connectivity index is 1.56. The van der Waals surface area contributed by atoms with Gasteiger partial charge in [0, 0.05) is 6.04 Å². The van der Waals surface area contributed by atoms with E-state index in [1.165, 1.54) is 6.42 Å². The zero-order valence-electron chi connectivity index (χ0n) is 14.9. The van der Waals surface area contributed by atoms with Crippen LogP contribution in [-0.2, 0) is 16.0 Å². The number of hydrogen-bond donors (Lipinski definition) is 1. The molecule has 136 valence electrons. The smallest absolute Gasteiger partial charge is 0.338 e. The van der Waals surface area contributed by atoms with Gasteiger partial charge in [0.05, 0.1) is 5.56 Å². The Hall–Kier alpha value is -2.62. The van der Waals surface area contributed by atoms with Crippen molar-refractivity contribution in [3.8, 4) is 0 Å². The molecule has 2 aromatic carbocycles. The van der Waals surface area contributed by atoms with E-state index in [1.807, 2.05) is 48.5 Å². The molecule has 0 atom stereocenters. The number of ether oxygens (including phenoxy) is 1. The van der Waals surface area contributed by atoms with E-state index in [4.69, 9.17) is 4.74 Å². The summed E-state index contributed by atoms with van der Waals surface area (Å²) in [7, 11) is 0. The first kappa shape index (κ1) is 18.2. The SMILES string of the molecule is O=C(COC(=O)c1ccccc1Cc1ccccc1)NC1CCCCC1. The lowest BCUT2D eigenvalue weighted by Gasteiger charge is -2.22. The topological polar surface area (TPSA) is 55.4 Å². The van der Waals surface area contributed by atoms with Crippen LogP contribution in [0.2, 0.25) is 0 Å². The second-order valence-electron chi connectivity index (χ2n) is 6.80. The van der Waals surface area contributed by atoms with Crippen LogP contribution in [0.1, 0.15) is 53.6 Å². The van der Waals surface area contributed by atoms with Crippen LogP contribution in [0.3, 0.4) is 0 Å². The second-order valence-corrected chi connectivity index (χ2v) is 6.80. The normalized spacial score (nSPS) is 14.6. The van der Waals surface area contributed by atoms with Gasteiger partial charge in [-0.25, -0.2) is 4.79 Å². The average Bonchev–Trinajstić information content (AvgIpc) is 2.68. The minimum Gasteiger partial charge on any atom is -0.452 e. The van der Waals surface area contributed by atoms with Crippen molar-refractivity contribution in [1.29, 1.82) is 0 Å². The molecule has 0 radical (unpaired) electrons. The zero-order valence-corrected chi connectivity index (χ0v) is 14.9. The quantitative estimate of drug-likeness (QED) is 0.804. The Morgan fingerprint density at radius 3 is 2.38 bits per heavy atom. The molecule has 0 unspecified atom stereocenters. The highest BCUT2D eigenvalue weighted by atomic mass is 16.5. The number of esters is 1. The summed E-state index contributed by atoms with van der Waals surface area (Å²) in [6.45, 7) is -0.227. The van der Waals surface area contributed by atoms with Gasteiger partial charge < -0.3 is 10.1 Å². The second kappa shape index (κ2) is 9.18. The molecule has 1 aliphatic carbocycles. The first-order chi connectivity index (χ1) is 12.7. The molecule has 0 saturated heterocycles. The molecule has 0 aliphatic heterocycles. The maximum atomic E-state index is 12.5. The van der Waals surface area contributed by atoms with Gasteiger partial charge in [0.2, 0.25) is 0 Å². The number of hydrogen-bond acceptors (Lipinski definition) is 3. The summed E-state index contributed by atoms with van der Waals surface area (Å²) in [5, 5.41) is 2.96. The molecule has 2 aromatic rings. The number of benzene rings is 2. The molecule has 1 N–H and O–H groups in total. The summed E-state index contributed by atoms with van der Waals surface area (Å²) in [5.41, 5.74) is 2.54. The van der Waals surface area contributed by atoms with Crippen molar-refractivity contribution >= 4 is 11.9 Å². The third-order valence-corrected chi connectivity index (χ3v) is 4.78. The largest absolute Gasteiger partial charge is 0.452 e. The first-order valence-electron chi connectivity index (χ1n) is 9.30. The van der Waals surface area contributed by atoms with Gasteiger partial charge in [-0.2, -0.15) is 0 Å². The van der Waals surface area contributed by atoms with Crippen molar-refractivity contribution in [2.45, 2.75) is 44.6 Å². The van der Waals surface area contributed by atoms with E-state index in [1.54, 1.807) is 6.07 Å². The van der Waals surface area contributed by atoms with Crippen LogP contribution in [0.5, 0.6) is 0 Å². The van der Waals surface area contributed by atoms with Crippen molar-refractivity contribution in [2.75, 3.05) is 6.61 Å². The molecular formula is C22H25NO3. The fourth-order valence-corrected chi connectivity index (χ4v) is 3.41. The third kappa shape index (κ3) is 5.19. The summed E-state index contributed by atoms with van der Waals surface area (Å²) in [6.07, 6.45) is 6.22. The summed E-state index contributed by atoms with van der Waals surface area (Å²) < 4.78 is 5.26. The van der Waals surface area contributed by atoms with E-state index in [2.05, 4.69) is 5.32 Å². The zero-order chi connectivity index (χ0) is 18.2. The lowest BCUT2D eigenvalue weighted by molar-refractivity contribution is -0.125. The molecule has 1 fully saturated rings. The fourth-order valence-electron chi connectivity index (χ4n) is 3.41. The molecule has 26 heavy (non-hydrogen) atoms. The van der Waals surface area contributed by atoms with E-state index >= 15 is 0 Å². The predicted molar refractivity (Wildman–Crippen MR) is 101 cm³/mol. The Kier molecular flexibility index (Phi) is 6.42. The van der Waals surface area contributed by atoms with Gasteiger partial charge in [-0.3, -0.25) is 4.79 Å². The van der Waals surface area contributed by atoms with E-state index in [0.29, 0.717) is 12.0 Å². The van der Waals surface area contributed by atoms with Gasteiger partial charge in [-0.1, -0.05) is 67.8 Å². The molecule has 0 aromatic heterocycles. The van der Waals surface area contributed by atoms with Crippen LogP contribution in [-0.4, -0.2) is 24.5 Å². The van der Waals surface area contributed by atoms with Gasteiger partial charge in [0.15, 0.2) is 6.61 Å². The number of carbonyl (C=O) groups is 2. The molecule has 4 nitrogen and oxygen atoms in total. The van der Waals surface area contributed by atoms with E-state index in [9.17, 15) is 9.59 Å². The minimum absolute atomic E-state index is 0.217. The highest BCUT2D eigenvalue weighted by Gasteiger charge is 2.18. The monoisotopic (exact) mass is 351 g/mol. The van der Waals surface area contributed by atoms with Gasteiger partial charge >= 0.3 is 5.97 Å². The van der Waals surface area contributed by atoms with Crippen LogP contribution in [0.4, 0.5) is 0 Å².